The molecule has 1 saturated heterocycles. The Balaban J connectivity index is 1.77. The van der Waals surface area contributed by atoms with Gasteiger partial charge in [0, 0.05) is 18.3 Å². The fourth-order valence-electron chi connectivity index (χ4n) is 2.44. The summed E-state index contributed by atoms with van der Waals surface area (Å²) in [7, 11) is 0. The second-order valence-corrected chi connectivity index (χ2v) is 6.62. The van der Waals surface area contributed by atoms with Gasteiger partial charge in [-0.05, 0) is 55.0 Å². The SMILES string of the molecule is CCNC(C)c1ccc(NC(=O)NCC2CCSC2)cc1. The number of anilines is 1. The summed E-state index contributed by atoms with van der Waals surface area (Å²) in [5.41, 5.74) is 2.06. The van der Waals surface area contributed by atoms with Crippen LogP contribution < -0.4 is 16.0 Å². The van der Waals surface area contributed by atoms with Crippen molar-refractivity contribution < 1.29 is 4.79 Å². The Kier molecular flexibility index (Phi) is 6.39. The predicted octanol–water partition coefficient (Wildman–Crippen LogP) is 3.23. The first kappa shape index (κ1) is 16.2. The quantitative estimate of drug-likeness (QED) is 0.756. The topological polar surface area (TPSA) is 53.2 Å². The number of rotatable bonds is 6. The van der Waals surface area contributed by atoms with E-state index < -0.39 is 0 Å². The van der Waals surface area contributed by atoms with E-state index in [1.807, 2.05) is 23.9 Å². The number of benzene rings is 1. The summed E-state index contributed by atoms with van der Waals surface area (Å²) in [4.78, 5) is 11.8. The second kappa shape index (κ2) is 8.29. The van der Waals surface area contributed by atoms with Gasteiger partial charge in [0.1, 0.15) is 0 Å². The van der Waals surface area contributed by atoms with Gasteiger partial charge in [-0.2, -0.15) is 11.8 Å². The summed E-state index contributed by atoms with van der Waals surface area (Å²) in [5.74, 6) is 3.01. The van der Waals surface area contributed by atoms with E-state index in [1.54, 1.807) is 0 Å². The maximum atomic E-state index is 11.8. The van der Waals surface area contributed by atoms with Crippen molar-refractivity contribution in [3.63, 3.8) is 0 Å². The van der Waals surface area contributed by atoms with Gasteiger partial charge in [-0.15, -0.1) is 0 Å². The average Bonchev–Trinajstić information content (AvgIpc) is 2.99. The normalized spacial score (nSPS) is 19.2. The Labute approximate surface area is 131 Å². The molecule has 2 unspecified atom stereocenters. The molecule has 2 rings (SSSR count). The summed E-state index contributed by atoms with van der Waals surface area (Å²) in [6.07, 6.45) is 1.21. The minimum absolute atomic E-state index is 0.112. The number of carbonyl (C=O) groups excluding carboxylic acids is 1. The minimum atomic E-state index is -0.112. The van der Waals surface area contributed by atoms with Crippen LogP contribution in [0.1, 0.15) is 31.9 Å². The molecule has 1 heterocycles. The molecular weight excluding hydrogens is 282 g/mol. The van der Waals surface area contributed by atoms with Crippen LogP contribution in [0.4, 0.5) is 10.5 Å². The number of urea groups is 1. The van der Waals surface area contributed by atoms with Crippen LogP contribution in [0.15, 0.2) is 24.3 Å². The van der Waals surface area contributed by atoms with Crippen LogP contribution in [0.2, 0.25) is 0 Å². The molecule has 0 bridgehead atoms. The van der Waals surface area contributed by atoms with E-state index >= 15 is 0 Å². The molecule has 0 aliphatic carbocycles. The van der Waals surface area contributed by atoms with Crippen LogP contribution in [0.3, 0.4) is 0 Å². The summed E-state index contributed by atoms with van der Waals surface area (Å²) >= 11 is 1.97. The van der Waals surface area contributed by atoms with Crippen molar-refractivity contribution >= 4 is 23.5 Å². The molecule has 21 heavy (non-hydrogen) atoms. The van der Waals surface area contributed by atoms with Crippen LogP contribution >= 0.6 is 11.8 Å². The van der Waals surface area contributed by atoms with Crippen LogP contribution in [0, 0.1) is 5.92 Å². The van der Waals surface area contributed by atoms with Gasteiger partial charge < -0.3 is 16.0 Å². The van der Waals surface area contributed by atoms with Gasteiger partial charge in [0.25, 0.3) is 0 Å². The average molecular weight is 307 g/mol. The fourth-order valence-corrected chi connectivity index (χ4v) is 3.72. The van der Waals surface area contributed by atoms with Crippen LogP contribution in [-0.2, 0) is 0 Å². The lowest BCUT2D eigenvalue weighted by atomic mass is 10.1. The minimum Gasteiger partial charge on any atom is -0.338 e. The molecule has 4 nitrogen and oxygen atoms in total. The summed E-state index contributed by atoms with van der Waals surface area (Å²) < 4.78 is 0. The zero-order valence-electron chi connectivity index (χ0n) is 12.8. The molecule has 1 aromatic carbocycles. The van der Waals surface area contributed by atoms with Crippen molar-refractivity contribution in [3.8, 4) is 0 Å². The maximum absolute atomic E-state index is 11.8. The van der Waals surface area contributed by atoms with Gasteiger partial charge in [-0.3, -0.25) is 0 Å². The molecule has 0 spiro atoms. The lowest BCUT2D eigenvalue weighted by Crippen LogP contribution is -2.33. The van der Waals surface area contributed by atoms with Crippen molar-refractivity contribution in [2.75, 3.05) is 29.9 Å². The van der Waals surface area contributed by atoms with E-state index in [-0.39, 0.29) is 6.03 Å². The lowest BCUT2D eigenvalue weighted by Gasteiger charge is -2.14. The van der Waals surface area contributed by atoms with Crippen molar-refractivity contribution in [3.05, 3.63) is 29.8 Å². The molecule has 0 radical (unpaired) electrons. The van der Waals surface area contributed by atoms with Gasteiger partial charge >= 0.3 is 6.03 Å². The van der Waals surface area contributed by atoms with E-state index in [9.17, 15) is 4.79 Å². The monoisotopic (exact) mass is 307 g/mol. The molecule has 0 saturated carbocycles. The number of thioether (sulfide) groups is 1. The second-order valence-electron chi connectivity index (χ2n) is 5.47. The van der Waals surface area contributed by atoms with E-state index in [0.29, 0.717) is 12.0 Å². The highest BCUT2D eigenvalue weighted by molar-refractivity contribution is 7.99. The molecule has 2 atom stereocenters. The van der Waals surface area contributed by atoms with Crippen LogP contribution in [0.25, 0.3) is 0 Å². The highest BCUT2D eigenvalue weighted by atomic mass is 32.2. The molecule has 2 amide bonds. The van der Waals surface area contributed by atoms with E-state index in [1.165, 1.54) is 17.7 Å². The van der Waals surface area contributed by atoms with Crippen molar-refractivity contribution in [2.24, 2.45) is 5.92 Å². The predicted molar refractivity (Wildman–Crippen MR) is 91.0 cm³/mol. The number of hydrogen-bond donors (Lipinski definition) is 3. The summed E-state index contributed by atoms with van der Waals surface area (Å²) in [6.45, 7) is 5.95. The first-order valence-corrected chi connectivity index (χ1v) is 8.80. The van der Waals surface area contributed by atoms with Gasteiger partial charge in [0.05, 0.1) is 0 Å². The summed E-state index contributed by atoms with van der Waals surface area (Å²) in [5, 5.41) is 9.21. The molecule has 1 aromatic rings. The number of carbonyl (C=O) groups is 1. The van der Waals surface area contributed by atoms with Gasteiger partial charge in [0.15, 0.2) is 0 Å². The van der Waals surface area contributed by atoms with Crippen molar-refractivity contribution in [1.82, 2.24) is 10.6 Å². The molecule has 1 aliphatic heterocycles. The number of hydrogen-bond acceptors (Lipinski definition) is 3. The fraction of sp³-hybridized carbons (Fsp3) is 0.562. The van der Waals surface area contributed by atoms with Crippen molar-refractivity contribution in [1.29, 1.82) is 0 Å². The van der Waals surface area contributed by atoms with Crippen LogP contribution in [0.5, 0.6) is 0 Å². The first-order valence-electron chi connectivity index (χ1n) is 7.65. The van der Waals surface area contributed by atoms with Crippen LogP contribution in [-0.4, -0.2) is 30.6 Å². The van der Waals surface area contributed by atoms with E-state index in [0.717, 1.165) is 24.5 Å². The Morgan fingerprint density at radius 2 is 2.14 bits per heavy atom. The highest BCUT2D eigenvalue weighted by Crippen LogP contribution is 2.22. The van der Waals surface area contributed by atoms with E-state index in [2.05, 4.69) is 41.9 Å². The maximum Gasteiger partial charge on any atom is 0.319 e. The van der Waals surface area contributed by atoms with Gasteiger partial charge in [-0.1, -0.05) is 19.1 Å². The Bertz CT molecular complexity index is 443. The third-order valence-corrected chi connectivity index (χ3v) is 4.99. The smallest absolute Gasteiger partial charge is 0.319 e. The Morgan fingerprint density at radius 1 is 1.38 bits per heavy atom. The zero-order chi connectivity index (χ0) is 15.1. The van der Waals surface area contributed by atoms with Crippen molar-refractivity contribution in [2.45, 2.75) is 26.3 Å². The number of amides is 2. The standard InChI is InChI=1S/C16H25N3OS/c1-3-17-12(2)14-4-6-15(7-5-14)19-16(20)18-10-13-8-9-21-11-13/h4-7,12-13,17H,3,8-11H2,1-2H3,(H2,18,19,20). The zero-order valence-corrected chi connectivity index (χ0v) is 13.6. The summed E-state index contributed by atoms with van der Waals surface area (Å²) in [6, 6.07) is 8.23. The van der Waals surface area contributed by atoms with Gasteiger partial charge in [0.2, 0.25) is 0 Å². The molecule has 3 N–H and O–H groups in total. The molecule has 5 heteroatoms. The van der Waals surface area contributed by atoms with Gasteiger partial charge in [-0.25, -0.2) is 4.79 Å². The third kappa shape index (κ3) is 5.25. The first-order chi connectivity index (χ1) is 10.2. The largest absolute Gasteiger partial charge is 0.338 e. The lowest BCUT2D eigenvalue weighted by molar-refractivity contribution is 0.250. The number of nitrogens with one attached hydrogen (secondary N) is 3. The molecular formula is C16H25N3OS. The Hall–Kier alpha value is -1.20. The Morgan fingerprint density at radius 3 is 2.76 bits per heavy atom. The molecule has 1 aliphatic rings. The molecule has 0 aromatic heterocycles. The molecule has 1 fully saturated rings. The molecule has 116 valence electrons. The van der Waals surface area contributed by atoms with E-state index in [4.69, 9.17) is 0 Å². The highest BCUT2D eigenvalue weighted by Gasteiger charge is 2.16. The third-order valence-electron chi connectivity index (χ3n) is 3.75.